The number of rotatable bonds is 7. The van der Waals surface area contributed by atoms with Crippen LogP contribution >= 0.6 is 15.9 Å². The zero-order valence-electron chi connectivity index (χ0n) is 14.9. The average molecular weight is 421 g/mol. The number of benzene rings is 2. The number of hydrogen-bond acceptors (Lipinski definition) is 5. The highest BCUT2D eigenvalue weighted by Gasteiger charge is 2.09. The molecule has 0 fully saturated rings. The molecule has 0 aliphatic heterocycles. The molecule has 0 radical (unpaired) electrons. The van der Waals surface area contributed by atoms with Crippen LogP contribution in [0.25, 0.3) is 0 Å². The molecule has 0 unspecified atom stereocenters. The lowest BCUT2D eigenvalue weighted by Gasteiger charge is -2.10. The second-order valence-electron chi connectivity index (χ2n) is 5.55. The standard InChI is InChI=1S/C19H21BrN2O4/c1-4-25-17-9-15(20)8-14(19(17)24)10-21-22-18(23)11-26-16-7-5-6-12(2)13(16)3/h5-10,24H,4,11H2,1-3H3,(H,22,23)/b21-10+. The quantitative estimate of drug-likeness (QED) is 0.528. The van der Waals surface area contributed by atoms with Crippen LogP contribution in [0, 0.1) is 13.8 Å². The number of nitrogens with zero attached hydrogens (tertiary/aromatic N) is 1. The minimum Gasteiger partial charge on any atom is -0.504 e. The fraction of sp³-hybridized carbons (Fsp3) is 0.263. The number of amides is 1. The van der Waals surface area contributed by atoms with Gasteiger partial charge in [0.05, 0.1) is 12.8 Å². The first-order valence-corrected chi connectivity index (χ1v) is 8.88. The van der Waals surface area contributed by atoms with Gasteiger partial charge in [0.25, 0.3) is 5.91 Å². The third kappa shape index (κ3) is 5.23. The Bertz CT molecular complexity index is 821. The summed E-state index contributed by atoms with van der Waals surface area (Å²) in [6.07, 6.45) is 1.35. The van der Waals surface area contributed by atoms with Gasteiger partial charge < -0.3 is 14.6 Å². The molecule has 0 saturated heterocycles. The number of carbonyl (C=O) groups excluding carboxylic acids is 1. The summed E-state index contributed by atoms with van der Waals surface area (Å²) in [6.45, 7) is 6.01. The van der Waals surface area contributed by atoms with Crippen molar-refractivity contribution in [3.63, 3.8) is 0 Å². The predicted octanol–water partition coefficient (Wildman–Crippen LogP) is 3.70. The summed E-state index contributed by atoms with van der Waals surface area (Å²) in [7, 11) is 0. The van der Waals surface area contributed by atoms with Crippen LogP contribution in [-0.2, 0) is 4.79 Å². The van der Waals surface area contributed by atoms with Gasteiger partial charge in [0, 0.05) is 10.0 Å². The molecule has 0 aliphatic rings. The Morgan fingerprint density at radius 2 is 2.04 bits per heavy atom. The monoisotopic (exact) mass is 420 g/mol. The van der Waals surface area contributed by atoms with E-state index >= 15 is 0 Å². The Hall–Kier alpha value is -2.54. The van der Waals surface area contributed by atoms with Crippen LogP contribution in [0.2, 0.25) is 0 Å². The summed E-state index contributed by atoms with van der Waals surface area (Å²) in [5.74, 6) is 0.560. The largest absolute Gasteiger partial charge is 0.504 e. The second-order valence-corrected chi connectivity index (χ2v) is 6.47. The number of ether oxygens (including phenoxy) is 2. The lowest BCUT2D eigenvalue weighted by Crippen LogP contribution is -2.24. The van der Waals surface area contributed by atoms with E-state index in [0.29, 0.717) is 23.7 Å². The number of phenols is 1. The van der Waals surface area contributed by atoms with Crippen LogP contribution in [-0.4, -0.2) is 30.4 Å². The minimum atomic E-state index is -0.401. The van der Waals surface area contributed by atoms with Crippen molar-refractivity contribution >= 4 is 28.1 Å². The maximum Gasteiger partial charge on any atom is 0.277 e. The molecule has 1 amide bonds. The first-order valence-electron chi connectivity index (χ1n) is 8.08. The molecular weight excluding hydrogens is 400 g/mol. The van der Waals surface area contributed by atoms with Gasteiger partial charge in [-0.15, -0.1) is 0 Å². The summed E-state index contributed by atoms with van der Waals surface area (Å²) >= 11 is 3.34. The van der Waals surface area contributed by atoms with E-state index < -0.39 is 5.91 Å². The first-order chi connectivity index (χ1) is 12.4. The molecular formula is C19H21BrN2O4. The fourth-order valence-electron chi connectivity index (χ4n) is 2.19. The molecule has 0 heterocycles. The maximum absolute atomic E-state index is 11.9. The number of phenolic OH excluding ortho intramolecular Hbond substituents is 1. The van der Waals surface area contributed by atoms with Crippen molar-refractivity contribution in [1.29, 1.82) is 0 Å². The number of aryl methyl sites for hydroxylation is 1. The Kier molecular flexibility index (Phi) is 7.03. The molecule has 2 rings (SSSR count). The second kappa shape index (κ2) is 9.24. The summed E-state index contributed by atoms with van der Waals surface area (Å²) in [5, 5.41) is 14.0. The normalized spacial score (nSPS) is 10.8. The van der Waals surface area contributed by atoms with E-state index in [1.54, 1.807) is 12.1 Å². The zero-order valence-corrected chi connectivity index (χ0v) is 16.5. The summed E-state index contributed by atoms with van der Waals surface area (Å²) < 4.78 is 11.6. The highest BCUT2D eigenvalue weighted by Crippen LogP contribution is 2.32. The molecule has 7 heteroatoms. The van der Waals surface area contributed by atoms with Crippen molar-refractivity contribution in [3.8, 4) is 17.2 Å². The van der Waals surface area contributed by atoms with Crippen LogP contribution in [0.4, 0.5) is 0 Å². The van der Waals surface area contributed by atoms with E-state index in [9.17, 15) is 9.90 Å². The van der Waals surface area contributed by atoms with Gasteiger partial charge in [-0.3, -0.25) is 4.79 Å². The molecule has 0 spiro atoms. The van der Waals surface area contributed by atoms with E-state index in [4.69, 9.17) is 9.47 Å². The highest BCUT2D eigenvalue weighted by molar-refractivity contribution is 9.10. The Balaban J connectivity index is 1.96. The van der Waals surface area contributed by atoms with E-state index in [2.05, 4.69) is 26.5 Å². The van der Waals surface area contributed by atoms with Crippen LogP contribution in [0.1, 0.15) is 23.6 Å². The molecule has 26 heavy (non-hydrogen) atoms. The molecule has 138 valence electrons. The molecule has 6 nitrogen and oxygen atoms in total. The number of carbonyl (C=O) groups is 1. The predicted molar refractivity (Wildman–Crippen MR) is 104 cm³/mol. The zero-order chi connectivity index (χ0) is 19.1. The van der Waals surface area contributed by atoms with Gasteiger partial charge in [-0.05, 0) is 50.1 Å². The van der Waals surface area contributed by atoms with Crippen LogP contribution in [0.15, 0.2) is 39.9 Å². The van der Waals surface area contributed by atoms with Crippen LogP contribution in [0.5, 0.6) is 17.2 Å². The topological polar surface area (TPSA) is 80.2 Å². The average Bonchev–Trinajstić information content (AvgIpc) is 2.60. The van der Waals surface area contributed by atoms with Crippen LogP contribution in [0.3, 0.4) is 0 Å². The molecule has 2 aromatic rings. The van der Waals surface area contributed by atoms with Crippen molar-refractivity contribution in [1.82, 2.24) is 5.43 Å². The Labute approximate surface area is 161 Å². The van der Waals surface area contributed by atoms with Crippen molar-refractivity contribution in [2.24, 2.45) is 5.10 Å². The molecule has 0 aliphatic carbocycles. The van der Waals surface area contributed by atoms with Crippen molar-refractivity contribution < 1.29 is 19.4 Å². The number of hydrazone groups is 1. The Morgan fingerprint density at radius 1 is 1.27 bits per heavy atom. The number of halogens is 1. The molecule has 0 bridgehead atoms. The van der Waals surface area contributed by atoms with Gasteiger partial charge in [-0.25, -0.2) is 5.43 Å². The lowest BCUT2D eigenvalue weighted by atomic mass is 10.1. The van der Waals surface area contributed by atoms with Gasteiger partial charge in [0.15, 0.2) is 18.1 Å². The molecule has 0 atom stereocenters. The van der Waals surface area contributed by atoms with Gasteiger partial charge >= 0.3 is 0 Å². The minimum absolute atomic E-state index is 0.0420. The van der Waals surface area contributed by atoms with Crippen LogP contribution < -0.4 is 14.9 Å². The Morgan fingerprint density at radius 3 is 2.77 bits per heavy atom. The van der Waals surface area contributed by atoms with Crippen molar-refractivity contribution in [2.45, 2.75) is 20.8 Å². The maximum atomic E-state index is 11.9. The van der Waals surface area contributed by atoms with Gasteiger partial charge in [0.2, 0.25) is 0 Å². The van der Waals surface area contributed by atoms with E-state index in [1.165, 1.54) is 6.21 Å². The summed E-state index contributed by atoms with van der Waals surface area (Å²) in [4.78, 5) is 11.9. The van der Waals surface area contributed by atoms with Gasteiger partial charge in [0.1, 0.15) is 5.75 Å². The van der Waals surface area contributed by atoms with Gasteiger partial charge in [-0.1, -0.05) is 28.1 Å². The molecule has 2 aromatic carbocycles. The van der Waals surface area contributed by atoms with Crippen molar-refractivity contribution in [2.75, 3.05) is 13.2 Å². The fourth-order valence-corrected chi connectivity index (χ4v) is 2.64. The lowest BCUT2D eigenvalue weighted by molar-refractivity contribution is -0.123. The molecule has 0 aromatic heterocycles. The molecule has 2 N–H and O–H groups in total. The van der Waals surface area contributed by atoms with Crippen molar-refractivity contribution in [3.05, 3.63) is 51.5 Å². The number of nitrogens with one attached hydrogen (secondary N) is 1. The third-order valence-electron chi connectivity index (χ3n) is 3.68. The number of hydrogen-bond donors (Lipinski definition) is 2. The van der Waals surface area contributed by atoms with E-state index in [-0.39, 0.29) is 12.4 Å². The summed E-state index contributed by atoms with van der Waals surface area (Å²) in [5.41, 5.74) is 4.87. The third-order valence-corrected chi connectivity index (χ3v) is 4.13. The van der Waals surface area contributed by atoms with E-state index in [1.807, 2.05) is 39.0 Å². The van der Waals surface area contributed by atoms with E-state index in [0.717, 1.165) is 15.6 Å². The number of aromatic hydroxyl groups is 1. The first kappa shape index (κ1) is 19.8. The molecule has 0 saturated carbocycles. The highest BCUT2D eigenvalue weighted by atomic mass is 79.9. The SMILES string of the molecule is CCOc1cc(Br)cc(/C=N/NC(=O)COc2cccc(C)c2C)c1O. The smallest absolute Gasteiger partial charge is 0.277 e. The van der Waals surface area contributed by atoms with Gasteiger partial charge in [-0.2, -0.15) is 5.10 Å². The summed E-state index contributed by atoms with van der Waals surface area (Å²) in [6, 6.07) is 8.99.